The van der Waals surface area contributed by atoms with Gasteiger partial charge in [0.25, 0.3) is 0 Å². The first-order chi connectivity index (χ1) is 7.67. The lowest BCUT2D eigenvalue weighted by molar-refractivity contribution is 0.460. The maximum Gasteiger partial charge on any atom is 0.236 e. The van der Waals surface area contributed by atoms with E-state index in [4.69, 9.17) is 4.52 Å². The molecule has 1 fully saturated rings. The van der Waals surface area contributed by atoms with Crippen molar-refractivity contribution in [1.29, 1.82) is 0 Å². The van der Waals surface area contributed by atoms with E-state index in [1.807, 2.05) is 12.1 Å². The molecule has 2 aromatic rings. The lowest BCUT2D eigenvalue weighted by Gasteiger charge is -2.02. The Labute approximate surface area is 92.5 Å². The summed E-state index contributed by atoms with van der Waals surface area (Å²) in [6, 6.07) is 7.15. The molecule has 0 unspecified atom stereocenters. The molecular weight excluding hydrogens is 228 g/mol. The van der Waals surface area contributed by atoms with Gasteiger partial charge in [0.2, 0.25) is 10.0 Å². The summed E-state index contributed by atoms with van der Waals surface area (Å²) in [6.07, 6.45) is 1.45. The predicted molar refractivity (Wildman–Crippen MR) is 59.6 cm³/mol. The van der Waals surface area contributed by atoms with Crippen LogP contribution in [0, 0.1) is 0 Å². The average molecular weight is 238 g/mol. The summed E-state index contributed by atoms with van der Waals surface area (Å²) >= 11 is 0. The second-order valence-corrected chi connectivity index (χ2v) is 5.83. The summed E-state index contributed by atoms with van der Waals surface area (Å²) in [6.45, 7) is 0. The van der Waals surface area contributed by atoms with Gasteiger partial charge in [-0.2, -0.15) is 0 Å². The molecule has 5 nitrogen and oxygen atoms in total. The largest absolute Gasteiger partial charge is 0.354 e. The fraction of sp³-hybridized carbons (Fsp3) is 0.300. The van der Waals surface area contributed by atoms with E-state index in [9.17, 15) is 8.42 Å². The van der Waals surface area contributed by atoms with Crippen molar-refractivity contribution in [1.82, 2.24) is 5.16 Å². The van der Waals surface area contributed by atoms with Gasteiger partial charge < -0.3 is 4.52 Å². The van der Waals surface area contributed by atoms with Gasteiger partial charge in [0.05, 0.1) is 10.6 Å². The highest BCUT2D eigenvalue weighted by atomic mass is 32.2. The van der Waals surface area contributed by atoms with Gasteiger partial charge in [0.1, 0.15) is 0 Å². The summed E-state index contributed by atoms with van der Waals surface area (Å²) in [5, 5.41) is 4.15. The second kappa shape index (κ2) is 3.21. The van der Waals surface area contributed by atoms with Crippen molar-refractivity contribution in [2.45, 2.75) is 18.1 Å². The highest BCUT2D eigenvalue weighted by Gasteiger charge is 2.36. The van der Waals surface area contributed by atoms with Crippen molar-refractivity contribution in [3.05, 3.63) is 24.3 Å². The van der Waals surface area contributed by atoms with Crippen molar-refractivity contribution >= 4 is 26.8 Å². The van der Waals surface area contributed by atoms with Gasteiger partial charge in [0, 0.05) is 0 Å². The van der Waals surface area contributed by atoms with Crippen LogP contribution in [-0.4, -0.2) is 18.8 Å². The first-order valence-electron chi connectivity index (χ1n) is 5.03. The third-order valence-electron chi connectivity index (χ3n) is 2.58. The maximum absolute atomic E-state index is 11.7. The van der Waals surface area contributed by atoms with E-state index in [0.717, 1.165) is 12.8 Å². The zero-order valence-electron chi connectivity index (χ0n) is 8.38. The number of benzene rings is 1. The molecule has 1 aliphatic carbocycles. The quantitative estimate of drug-likeness (QED) is 0.883. The molecule has 0 aliphatic heterocycles. The standard InChI is InChI=1S/C10H10N2O3S/c13-16(14,7-5-6-7)12-10-8-3-1-2-4-9(8)15-11-10/h1-4,7H,5-6H2,(H,11,12). The number of para-hydroxylation sites is 1. The lowest BCUT2D eigenvalue weighted by Crippen LogP contribution is -2.17. The summed E-state index contributed by atoms with van der Waals surface area (Å²) in [4.78, 5) is 0. The van der Waals surface area contributed by atoms with Crippen molar-refractivity contribution in [3.8, 4) is 0 Å². The Morgan fingerprint density at radius 2 is 2.06 bits per heavy atom. The fourth-order valence-electron chi connectivity index (χ4n) is 1.56. The molecule has 0 saturated heterocycles. The van der Waals surface area contributed by atoms with Crippen LogP contribution in [-0.2, 0) is 10.0 Å². The fourth-order valence-corrected chi connectivity index (χ4v) is 2.90. The van der Waals surface area contributed by atoms with Crippen molar-refractivity contribution in [2.24, 2.45) is 0 Å². The van der Waals surface area contributed by atoms with E-state index in [0.29, 0.717) is 11.0 Å². The Morgan fingerprint density at radius 3 is 2.81 bits per heavy atom. The van der Waals surface area contributed by atoms with Crippen LogP contribution >= 0.6 is 0 Å². The van der Waals surface area contributed by atoms with Crippen LogP contribution in [0.5, 0.6) is 0 Å². The first kappa shape index (κ1) is 9.65. The van der Waals surface area contributed by atoms with Crippen molar-refractivity contribution in [3.63, 3.8) is 0 Å². The van der Waals surface area contributed by atoms with Crippen LogP contribution < -0.4 is 4.72 Å². The Balaban J connectivity index is 2.00. The van der Waals surface area contributed by atoms with E-state index in [1.165, 1.54) is 0 Å². The average Bonchev–Trinajstić information content (AvgIpc) is 3.04. The summed E-state index contributed by atoms with van der Waals surface area (Å²) < 4.78 is 30.9. The summed E-state index contributed by atoms with van der Waals surface area (Å²) in [5.41, 5.74) is 0.580. The van der Waals surface area contributed by atoms with Crippen LogP contribution in [0.1, 0.15) is 12.8 Å². The minimum atomic E-state index is -3.27. The van der Waals surface area contributed by atoms with Crippen molar-refractivity contribution in [2.75, 3.05) is 4.72 Å². The smallest absolute Gasteiger partial charge is 0.236 e. The van der Waals surface area contributed by atoms with Crippen LogP contribution in [0.15, 0.2) is 28.8 Å². The number of nitrogens with one attached hydrogen (secondary N) is 1. The molecule has 1 aromatic heterocycles. The molecule has 0 spiro atoms. The van der Waals surface area contributed by atoms with Crippen LogP contribution in [0.25, 0.3) is 11.0 Å². The zero-order chi connectivity index (χ0) is 11.2. The Hall–Kier alpha value is -1.56. The SMILES string of the molecule is O=S(=O)(Nc1noc2ccccc12)C1CC1. The number of nitrogens with zero attached hydrogens (tertiary/aromatic N) is 1. The molecule has 0 atom stereocenters. The third-order valence-corrected chi connectivity index (χ3v) is 4.41. The number of aromatic nitrogens is 1. The molecule has 3 rings (SSSR count). The molecule has 0 amide bonds. The number of hydrogen-bond donors (Lipinski definition) is 1. The molecule has 0 radical (unpaired) electrons. The molecule has 1 saturated carbocycles. The van der Waals surface area contributed by atoms with E-state index in [2.05, 4.69) is 9.88 Å². The third kappa shape index (κ3) is 1.55. The molecule has 1 N–H and O–H groups in total. The summed E-state index contributed by atoms with van der Waals surface area (Å²) in [7, 11) is -3.27. The normalized spacial score (nSPS) is 16.5. The molecular formula is C10H10N2O3S. The Kier molecular flexibility index (Phi) is 1.94. The zero-order valence-corrected chi connectivity index (χ0v) is 9.20. The van der Waals surface area contributed by atoms with Crippen LogP contribution in [0.3, 0.4) is 0 Å². The van der Waals surface area contributed by atoms with Crippen LogP contribution in [0.2, 0.25) is 0 Å². The molecule has 6 heteroatoms. The van der Waals surface area contributed by atoms with E-state index >= 15 is 0 Å². The molecule has 1 heterocycles. The second-order valence-electron chi connectivity index (χ2n) is 3.87. The van der Waals surface area contributed by atoms with E-state index in [-0.39, 0.29) is 11.1 Å². The molecule has 84 valence electrons. The first-order valence-corrected chi connectivity index (χ1v) is 6.57. The highest BCUT2D eigenvalue weighted by Crippen LogP contribution is 2.31. The number of hydrogen-bond acceptors (Lipinski definition) is 4. The number of sulfonamides is 1. The van der Waals surface area contributed by atoms with E-state index in [1.54, 1.807) is 12.1 Å². The molecule has 0 bridgehead atoms. The number of fused-ring (bicyclic) bond motifs is 1. The van der Waals surface area contributed by atoms with Crippen LogP contribution in [0.4, 0.5) is 5.82 Å². The lowest BCUT2D eigenvalue weighted by atomic mass is 10.2. The monoisotopic (exact) mass is 238 g/mol. The maximum atomic E-state index is 11.7. The van der Waals surface area contributed by atoms with Gasteiger partial charge in [-0.25, -0.2) is 8.42 Å². The molecule has 1 aromatic carbocycles. The van der Waals surface area contributed by atoms with Gasteiger partial charge in [-0.05, 0) is 25.0 Å². The van der Waals surface area contributed by atoms with Gasteiger partial charge in [-0.3, -0.25) is 4.72 Å². The van der Waals surface area contributed by atoms with Gasteiger partial charge in [0.15, 0.2) is 11.4 Å². The minimum Gasteiger partial charge on any atom is -0.354 e. The van der Waals surface area contributed by atoms with Gasteiger partial charge in [-0.1, -0.05) is 17.3 Å². The minimum absolute atomic E-state index is 0.261. The molecule has 1 aliphatic rings. The Bertz CT molecular complexity index is 628. The highest BCUT2D eigenvalue weighted by molar-refractivity contribution is 7.93. The van der Waals surface area contributed by atoms with E-state index < -0.39 is 10.0 Å². The topological polar surface area (TPSA) is 72.2 Å². The van der Waals surface area contributed by atoms with Gasteiger partial charge in [-0.15, -0.1) is 0 Å². The summed E-state index contributed by atoms with van der Waals surface area (Å²) in [5.74, 6) is 0.280. The number of anilines is 1. The van der Waals surface area contributed by atoms with Crippen molar-refractivity contribution < 1.29 is 12.9 Å². The molecule has 16 heavy (non-hydrogen) atoms. The predicted octanol–water partition coefficient (Wildman–Crippen LogP) is 1.73. The van der Waals surface area contributed by atoms with Gasteiger partial charge >= 0.3 is 0 Å². The number of rotatable bonds is 3. The Morgan fingerprint density at radius 1 is 1.31 bits per heavy atom.